The number of aliphatic hydroxyl groups is 1. The molecule has 1 aliphatic rings. The minimum atomic E-state index is -4.18. The van der Waals surface area contributed by atoms with Crippen LogP contribution in [0, 0.1) is 10.8 Å². The number of hydrogen-bond acceptors (Lipinski definition) is 11. The number of aromatic nitrogens is 3. The number of aliphatic hydroxyl groups excluding tert-OH is 1. The van der Waals surface area contributed by atoms with Crippen LogP contribution in [0.25, 0.3) is 0 Å². The van der Waals surface area contributed by atoms with E-state index in [0.29, 0.717) is 13.0 Å². The lowest BCUT2D eigenvalue weighted by Crippen LogP contribution is -2.27. The van der Waals surface area contributed by atoms with Crippen LogP contribution in [0.15, 0.2) is 6.20 Å². The molecule has 196 valence electrons. The smallest absolute Gasteiger partial charge is 0.388 e. The third-order valence-corrected chi connectivity index (χ3v) is 6.06. The highest BCUT2D eigenvalue weighted by Gasteiger charge is 2.35. The predicted molar refractivity (Wildman–Crippen MR) is 122 cm³/mol. The molecule has 0 radical (unpaired) electrons. The van der Waals surface area contributed by atoms with E-state index in [0.717, 1.165) is 0 Å². The van der Waals surface area contributed by atoms with E-state index in [4.69, 9.17) is 23.3 Å². The summed E-state index contributed by atoms with van der Waals surface area (Å²) in [5.74, 6) is -1.14. The number of esters is 2. The summed E-state index contributed by atoms with van der Waals surface area (Å²) in [6.45, 7) is 13.2. The number of nitrogens with zero attached hydrogens (tertiary/aromatic N) is 3. The summed E-state index contributed by atoms with van der Waals surface area (Å²) in [5.41, 5.74) is -1.76. The van der Waals surface area contributed by atoms with E-state index in [2.05, 4.69) is 10.3 Å². The average Bonchev–Trinajstić information content (AvgIpc) is 3.38. The minimum absolute atomic E-state index is 0.173. The summed E-state index contributed by atoms with van der Waals surface area (Å²) < 4.78 is 40.6. The molecule has 13 heteroatoms. The Morgan fingerprint density at radius 3 is 2.00 bits per heavy atom. The lowest BCUT2D eigenvalue weighted by molar-refractivity contribution is -0.161. The molecule has 1 saturated heterocycles. The molecule has 2 unspecified atom stereocenters. The van der Waals surface area contributed by atoms with Crippen molar-refractivity contribution in [2.75, 3.05) is 20.2 Å². The Morgan fingerprint density at radius 2 is 1.59 bits per heavy atom. The first-order valence-electron chi connectivity index (χ1n) is 11.2. The van der Waals surface area contributed by atoms with Gasteiger partial charge in [0.2, 0.25) is 13.6 Å². The van der Waals surface area contributed by atoms with E-state index in [9.17, 15) is 19.3 Å². The van der Waals surface area contributed by atoms with Gasteiger partial charge in [-0.3, -0.25) is 23.2 Å². The van der Waals surface area contributed by atoms with Crippen LogP contribution in [0.2, 0.25) is 0 Å². The van der Waals surface area contributed by atoms with Gasteiger partial charge in [0, 0.05) is 6.61 Å². The molecule has 1 aromatic heterocycles. The van der Waals surface area contributed by atoms with Crippen LogP contribution >= 0.6 is 7.60 Å². The van der Waals surface area contributed by atoms with Crippen molar-refractivity contribution in [1.29, 1.82) is 0 Å². The quantitative estimate of drug-likeness (QED) is 0.298. The van der Waals surface area contributed by atoms with Crippen molar-refractivity contribution in [1.82, 2.24) is 15.0 Å². The molecule has 0 aromatic carbocycles. The highest BCUT2D eigenvalue weighted by atomic mass is 31.2. The Bertz CT molecular complexity index is 809. The molecule has 12 nitrogen and oxygen atoms in total. The SMILES string of the molecule is CC.CC(C)(C)C(=O)OCOP(=O)(OCOC(=O)C(C)(C)C)c1cn(CC2OCCC2O)nn1. The molecule has 2 heterocycles. The summed E-state index contributed by atoms with van der Waals surface area (Å²) in [6.07, 6.45) is 0.698. The number of ether oxygens (including phenoxy) is 3. The third-order valence-electron chi connectivity index (χ3n) is 4.40. The van der Waals surface area contributed by atoms with Gasteiger partial charge in [0.05, 0.1) is 29.7 Å². The van der Waals surface area contributed by atoms with Crippen LogP contribution < -0.4 is 5.44 Å². The Kier molecular flexibility index (Phi) is 11.3. The zero-order chi connectivity index (χ0) is 26.2. The largest absolute Gasteiger partial charge is 0.438 e. The minimum Gasteiger partial charge on any atom is -0.438 e. The van der Waals surface area contributed by atoms with Gasteiger partial charge < -0.3 is 19.3 Å². The summed E-state index contributed by atoms with van der Waals surface area (Å²) in [6, 6.07) is 0. The van der Waals surface area contributed by atoms with Crippen LogP contribution in [-0.2, 0) is 44.0 Å². The maximum absolute atomic E-state index is 13.4. The van der Waals surface area contributed by atoms with Gasteiger partial charge in [0.15, 0.2) is 5.44 Å². The maximum atomic E-state index is 13.4. The number of hydrogen-bond donors (Lipinski definition) is 1. The van der Waals surface area contributed by atoms with E-state index in [-0.39, 0.29) is 12.0 Å². The van der Waals surface area contributed by atoms with E-state index in [1.54, 1.807) is 41.5 Å². The molecule has 1 N–H and O–H groups in total. The van der Waals surface area contributed by atoms with Gasteiger partial charge in [0.1, 0.15) is 6.10 Å². The maximum Gasteiger partial charge on any atom is 0.388 e. The summed E-state index contributed by atoms with van der Waals surface area (Å²) in [4.78, 5) is 23.9. The molecule has 1 fully saturated rings. The molecule has 1 aromatic rings. The van der Waals surface area contributed by atoms with E-state index >= 15 is 0 Å². The zero-order valence-electron chi connectivity index (χ0n) is 21.3. The van der Waals surface area contributed by atoms with Crippen molar-refractivity contribution in [2.24, 2.45) is 10.8 Å². The molecular formula is C21H38N3O9P. The summed E-state index contributed by atoms with van der Waals surface area (Å²) in [7, 11) is -4.18. The van der Waals surface area contributed by atoms with Crippen LogP contribution in [0.4, 0.5) is 0 Å². The molecule has 2 atom stereocenters. The van der Waals surface area contributed by atoms with Gasteiger partial charge in [-0.15, -0.1) is 5.10 Å². The second-order valence-corrected chi connectivity index (χ2v) is 11.4. The second-order valence-electron chi connectivity index (χ2n) is 9.42. The first-order valence-corrected chi connectivity index (χ1v) is 12.7. The average molecular weight is 508 g/mol. The molecule has 0 spiro atoms. The molecule has 0 aliphatic carbocycles. The van der Waals surface area contributed by atoms with Crippen LogP contribution in [-0.4, -0.2) is 64.4 Å². The molecule has 1 aliphatic heterocycles. The van der Waals surface area contributed by atoms with E-state index in [1.165, 1.54) is 10.9 Å². The van der Waals surface area contributed by atoms with Gasteiger partial charge in [-0.1, -0.05) is 19.1 Å². The van der Waals surface area contributed by atoms with Crippen molar-refractivity contribution in [2.45, 2.75) is 80.6 Å². The third kappa shape index (κ3) is 9.07. The number of carbonyl (C=O) groups excluding carboxylic acids is 2. The number of rotatable bonds is 9. The molecule has 0 bridgehead atoms. The zero-order valence-corrected chi connectivity index (χ0v) is 22.2. The van der Waals surface area contributed by atoms with Crippen molar-refractivity contribution < 1.29 is 42.5 Å². The van der Waals surface area contributed by atoms with Crippen LogP contribution in [0.5, 0.6) is 0 Å². The first kappa shape index (κ1) is 30.2. The lowest BCUT2D eigenvalue weighted by atomic mass is 9.98. The summed E-state index contributed by atoms with van der Waals surface area (Å²) >= 11 is 0. The Morgan fingerprint density at radius 1 is 1.09 bits per heavy atom. The second kappa shape index (κ2) is 12.7. The number of carbonyl (C=O) groups is 2. The first-order chi connectivity index (χ1) is 15.7. The molecule has 0 amide bonds. The van der Waals surface area contributed by atoms with E-state index in [1.807, 2.05) is 13.8 Å². The summed E-state index contributed by atoms with van der Waals surface area (Å²) in [5, 5.41) is 17.6. The highest BCUT2D eigenvalue weighted by Crippen LogP contribution is 2.46. The fourth-order valence-corrected chi connectivity index (χ4v) is 3.55. The molecule has 2 rings (SSSR count). The van der Waals surface area contributed by atoms with Crippen molar-refractivity contribution in [3.05, 3.63) is 6.20 Å². The fourth-order valence-electron chi connectivity index (χ4n) is 2.40. The van der Waals surface area contributed by atoms with Crippen molar-refractivity contribution >= 4 is 25.0 Å². The van der Waals surface area contributed by atoms with E-state index < -0.39 is 56.2 Å². The van der Waals surface area contributed by atoms with Crippen LogP contribution in [0.3, 0.4) is 0 Å². The highest BCUT2D eigenvalue weighted by molar-refractivity contribution is 7.61. The Hall–Kier alpha value is -1.85. The fraction of sp³-hybridized carbons (Fsp3) is 0.810. The molecular weight excluding hydrogens is 469 g/mol. The monoisotopic (exact) mass is 507 g/mol. The molecule has 34 heavy (non-hydrogen) atoms. The van der Waals surface area contributed by atoms with Gasteiger partial charge in [-0.25, -0.2) is 4.68 Å². The van der Waals surface area contributed by atoms with Gasteiger partial charge in [-0.2, -0.15) is 0 Å². The van der Waals surface area contributed by atoms with Gasteiger partial charge in [-0.05, 0) is 48.0 Å². The van der Waals surface area contributed by atoms with Crippen LogP contribution in [0.1, 0.15) is 61.8 Å². The standard InChI is InChI=1S/C19H32N3O9P.C2H6/c1-18(2,3)16(24)28-11-30-32(26,31-12-29-17(25)19(4,5)6)15-10-22(21-20-15)9-14-13(23)7-8-27-14;1-2/h10,13-14,23H,7-9,11-12H2,1-6H3;1-2H3. The lowest BCUT2D eigenvalue weighted by Gasteiger charge is -2.20. The van der Waals surface area contributed by atoms with Gasteiger partial charge in [0.25, 0.3) is 0 Å². The topological polar surface area (TPSA) is 148 Å². The van der Waals surface area contributed by atoms with Crippen molar-refractivity contribution in [3.63, 3.8) is 0 Å². The van der Waals surface area contributed by atoms with Gasteiger partial charge >= 0.3 is 19.5 Å². The predicted octanol–water partition coefficient (Wildman–Crippen LogP) is 2.40. The van der Waals surface area contributed by atoms with Crippen molar-refractivity contribution in [3.8, 4) is 0 Å². The Balaban J connectivity index is 0.00000281. The normalized spacial score (nSPS) is 18.7. The molecule has 0 saturated carbocycles. The Labute approximate surface area is 200 Å².